The molecule has 9 heteroatoms. The third kappa shape index (κ3) is 5.50. The number of amides is 1. The molecule has 0 bridgehead atoms. The maximum absolute atomic E-state index is 12.0. The van der Waals surface area contributed by atoms with E-state index in [1.54, 1.807) is 6.21 Å². The second-order valence-electron chi connectivity index (χ2n) is 5.51. The molecule has 1 heterocycles. The highest BCUT2D eigenvalue weighted by atomic mass is 79.9. The number of hydrogen-bond acceptors (Lipinski definition) is 5. The molecule has 3 rings (SSSR count). The van der Waals surface area contributed by atoms with Crippen LogP contribution in [-0.2, 0) is 11.8 Å². The minimum absolute atomic E-state index is 0.197. The average Bonchev–Trinajstić information content (AvgIpc) is 3.02. The molecule has 0 spiro atoms. The van der Waals surface area contributed by atoms with E-state index < -0.39 is 0 Å². The number of hydrogen-bond donors (Lipinski definition) is 1. The van der Waals surface area contributed by atoms with Gasteiger partial charge in [0.15, 0.2) is 11.0 Å². The van der Waals surface area contributed by atoms with Gasteiger partial charge in [-0.2, -0.15) is 5.10 Å². The second-order valence-corrected chi connectivity index (χ2v) is 8.28. The van der Waals surface area contributed by atoms with E-state index in [0.29, 0.717) is 5.16 Å². The first kappa shape index (κ1) is 19.8. The quantitative estimate of drug-likeness (QED) is 0.307. The Labute approximate surface area is 177 Å². The highest BCUT2D eigenvalue weighted by Crippen LogP contribution is 2.24. The van der Waals surface area contributed by atoms with Gasteiger partial charge in [-0.15, -0.1) is 10.2 Å². The molecule has 27 heavy (non-hydrogen) atoms. The van der Waals surface area contributed by atoms with Crippen molar-refractivity contribution in [1.29, 1.82) is 0 Å². The predicted octanol–water partition coefficient (Wildman–Crippen LogP) is 4.25. The molecular weight excluding hydrogens is 494 g/mol. The first-order chi connectivity index (χ1) is 13.0. The lowest BCUT2D eigenvalue weighted by Gasteiger charge is -2.04. The maximum atomic E-state index is 12.0. The molecule has 0 fully saturated rings. The lowest BCUT2D eigenvalue weighted by molar-refractivity contribution is -0.118. The monoisotopic (exact) mass is 507 g/mol. The van der Waals surface area contributed by atoms with E-state index in [-0.39, 0.29) is 11.7 Å². The van der Waals surface area contributed by atoms with Crippen molar-refractivity contribution < 1.29 is 4.79 Å². The summed E-state index contributed by atoms with van der Waals surface area (Å²) in [7, 11) is 1.88. The highest BCUT2D eigenvalue weighted by molar-refractivity contribution is 9.10. The molecule has 0 aliphatic heterocycles. The fourth-order valence-electron chi connectivity index (χ4n) is 2.21. The van der Waals surface area contributed by atoms with Gasteiger partial charge in [-0.1, -0.05) is 67.9 Å². The smallest absolute Gasteiger partial charge is 0.250 e. The lowest BCUT2D eigenvalue weighted by Crippen LogP contribution is -2.19. The van der Waals surface area contributed by atoms with Gasteiger partial charge in [-0.3, -0.25) is 4.79 Å². The number of aromatic nitrogens is 3. The zero-order chi connectivity index (χ0) is 19.2. The summed E-state index contributed by atoms with van der Waals surface area (Å²) in [5.41, 5.74) is 4.37. The number of hydrazone groups is 1. The van der Waals surface area contributed by atoms with Crippen molar-refractivity contribution in [2.24, 2.45) is 12.1 Å². The van der Waals surface area contributed by atoms with Gasteiger partial charge in [0.25, 0.3) is 5.91 Å². The molecule has 0 saturated heterocycles. The summed E-state index contributed by atoms with van der Waals surface area (Å²) in [4.78, 5) is 12.0. The van der Waals surface area contributed by atoms with Crippen molar-refractivity contribution >= 4 is 55.7 Å². The largest absolute Gasteiger partial charge is 0.305 e. The zero-order valence-electron chi connectivity index (χ0n) is 14.3. The van der Waals surface area contributed by atoms with Gasteiger partial charge < -0.3 is 4.57 Å². The Morgan fingerprint density at radius 2 is 1.96 bits per heavy atom. The molecule has 1 aromatic heterocycles. The summed E-state index contributed by atoms with van der Waals surface area (Å²) in [6.07, 6.45) is 1.60. The van der Waals surface area contributed by atoms with Crippen LogP contribution in [0.15, 0.2) is 67.7 Å². The molecule has 2 aromatic carbocycles. The van der Waals surface area contributed by atoms with Crippen LogP contribution < -0.4 is 5.43 Å². The topological polar surface area (TPSA) is 72.2 Å². The van der Waals surface area contributed by atoms with Crippen LogP contribution in [0.3, 0.4) is 0 Å². The number of nitrogens with one attached hydrogen (secondary N) is 1. The minimum Gasteiger partial charge on any atom is -0.305 e. The van der Waals surface area contributed by atoms with Crippen LogP contribution in [0, 0.1) is 0 Å². The number of halogens is 2. The third-order valence-electron chi connectivity index (χ3n) is 3.52. The van der Waals surface area contributed by atoms with Gasteiger partial charge in [0.05, 0.1) is 12.0 Å². The standard InChI is InChI=1S/C18H15Br2N5OS/c1-25-17(13-3-2-4-15(20)9-13)23-24-18(25)27-11-16(26)22-21-10-12-5-7-14(19)8-6-12/h2-10H,11H2,1H3,(H,22,26)/b21-10+. The Morgan fingerprint density at radius 3 is 2.70 bits per heavy atom. The second kappa shape index (κ2) is 9.29. The summed E-state index contributed by atoms with van der Waals surface area (Å²) in [6, 6.07) is 15.5. The maximum Gasteiger partial charge on any atom is 0.250 e. The molecule has 1 amide bonds. The molecule has 1 N–H and O–H groups in total. The van der Waals surface area contributed by atoms with Crippen molar-refractivity contribution in [3.8, 4) is 11.4 Å². The summed E-state index contributed by atoms with van der Waals surface area (Å²) in [6.45, 7) is 0. The Balaban J connectivity index is 1.55. The average molecular weight is 509 g/mol. The number of carbonyl (C=O) groups is 1. The summed E-state index contributed by atoms with van der Waals surface area (Å²) >= 11 is 8.14. The predicted molar refractivity (Wildman–Crippen MR) is 115 cm³/mol. The number of thioether (sulfide) groups is 1. The van der Waals surface area contributed by atoms with Crippen molar-refractivity contribution in [3.63, 3.8) is 0 Å². The van der Waals surface area contributed by atoms with Crippen LogP contribution in [0.4, 0.5) is 0 Å². The van der Waals surface area contributed by atoms with Crippen molar-refractivity contribution in [1.82, 2.24) is 20.2 Å². The first-order valence-corrected chi connectivity index (χ1v) is 10.5. The van der Waals surface area contributed by atoms with E-state index >= 15 is 0 Å². The molecule has 0 unspecified atom stereocenters. The highest BCUT2D eigenvalue weighted by Gasteiger charge is 2.13. The Hall–Kier alpha value is -1.97. The summed E-state index contributed by atoms with van der Waals surface area (Å²) in [5.74, 6) is 0.732. The molecule has 0 saturated carbocycles. The summed E-state index contributed by atoms with van der Waals surface area (Å²) in [5, 5.41) is 13.0. The SMILES string of the molecule is Cn1c(SCC(=O)N/N=C/c2ccc(Br)cc2)nnc1-c1cccc(Br)c1. The molecule has 0 radical (unpaired) electrons. The number of nitrogens with zero attached hydrogens (tertiary/aromatic N) is 4. The van der Waals surface area contributed by atoms with Gasteiger partial charge in [0.2, 0.25) is 0 Å². The van der Waals surface area contributed by atoms with Crippen LogP contribution in [0.1, 0.15) is 5.56 Å². The number of carbonyl (C=O) groups excluding carboxylic acids is 1. The van der Waals surface area contributed by atoms with Gasteiger partial charge >= 0.3 is 0 Å². The van der Waals surface area contributed by atoms with E-state index in [1.165, 1.54) is 11.8 Å². The van der Waals surface area contributed by atoms with Gasteiger partial charge in [0, 0.05) is 21.6 Å². The van der Waals surface area contributed by atoms with E-state index in [0.717, 1.165) is 25.9 Å². The Bertz CT molecular complexity index is 972. The van der Waals surface area contributed by atoms with Crippen LogP contribution in [0.25, 0.3) is 11.4 Å². The fourth-order valence-corrected chi connectivity index (χ4v) is 3.58. The number of rotatable bonds is 6. The van der Waals surface area contributed by atoms with Crippen LogP contribution in [0.5, 0.6) is 0 Å². The fraction of sp³-hybridized carbons (Fsp3) is 0.111. The molecule has 0 aliphatic carbocycles. The summed E-state index contributed by atoms with van der Waals surface area (Å²) < 4.78 is 3.83. The minimum atomic E-state index is -0.208. The van der Waals surface area contributed by atoms with Gasteiger partial charge in [-0.05, 0) is 29.8 Å². The van der Waals surface area contributed by atoms with Crippen LogP contribution >= 0.6 is 43.6 Å². The van der Waals surface area contributed by atoms with Crippen molar-refractivity contribution in [2.45, 2.75) is 5.16 Å². The third-order valence-corrected chi connectivity index (χ3v) is 5.57. The Kier molecular flexibility index (Phi) is 6.81. The van der Waals surface area contributed by atoms with Crippen molar-refractivity contribution in [2.75, 3.05) is 5.75 Å². The molecule has 0 aliphatic rings. The number of benzene rings is 2. The molecule has 0 atom stereocenters. The molecule has 3 aromatic rings. The van der Waals surface area contributed by atoms with E-state index in [4.69, 9.17) is 0 Å². The molecule has 6 nitrogen and oxygen atoms in total. The normalized spacial score (nSPS) is 11.1. The van der Waals surface area contributed by atoms with E-state index in [1.807, 2.05) is 60.1 Å². The van der Waals surface area contributed by atoms with Crippen molar-refractivity contribution in [3.05, 3.63) is 63.0 Å². The van der Waals surface area contributed by atoms with Gasteiger partial charge in [0.1, 0.15) is 0 Å². The van der Waals surface area contributed by atoms with Gasteiger partial charge in [-0.25, -0.2) is 5.43 Å². The van der Waals surface area contributed by atoms with Crippen LogP contribution in [-0.4, -0.2) is 32.6 Å². The van der Waals surface area contributed by atoms with E-state index in [9.17, 15) is 4.79 Å². The van der Waals surface area contributed by atoms with Crippen LogP contribution in [0.2, 0.25) is 0 Å². The molecule has 138 valence electrons. The first-order valence-electron chi connectivity index (χ1n) is 7.88. The molecular formula is C18H15Br2N5OS. The van der Waals surface area contributed by atoms with E-state index in [2.05, 4.69) is 52.6 Å². The zero-order valence-corrected chi connectivity index (χ0v) is 18.3. The lowest BCUT2D eigenvalue weighted by atomic mass is 10.2. The Morgan fingerprint density at radius 1 is 1.19 bits per heavy atom.